The van der Waals surface area contributed by atoms with Crippen molar-refractivity contribution in [1.82, 2.24) is 9.88 Å². The van der Waals surface area contributed by atoms with Gasteiger partial charge in [-0.2, -0.15) is 0 Å². The molecule has 2 heterocycles. The lowest BCUT2D eigenvalue weighted by Crippen LogP contribution is -2.52. The van der Waals surface area contributed by atoms with Crippen LogP contribution in [0.15, 0.2) is 35.8 Å². The molecule has 1 aliphatic rings. The van der Waals surface area contributed by atoms with E-state index >= 15 is 0 Å². The maximum absolute atomic E-state index is 9.48. The van der Waals surface area contributed by atoms with Crippen LogP contribution in [0, 0.1) is 0 Å². The highest BCUT2D eigenvalue weighted by atomic mass is 35.5. The Kier molecular flexibility index (Phi) is 3.35. The summed E-state index contributed by atoms with van der Waals surface area (Å²) in [5.74, 6) is 0. The molecule has 18 heavy (non-hydrogen) atoms. The largest absolute Gasteiger partial charge is 0.390 e. The van der Waals surface area contributed by atoms with Gasteiger partial charge >= 0.3 is 0 Å². The molecule has 0 bridgehead atoms. The standard InChI is InChI=1S/C13H13ClN2OS/c14-10-3-1-9(2-4-10)12(13-15-5-6-18-13)16-7-11(17)8-16/h1-6,11-12,17H,7-8H2. The molecule has 1 aromatic heterocycles. The Morgan fingerprint density at radius 3 is 2.61 bits per heavy atom. The van der Waals surface area contributed by atoms with Crippen molar-refractivity contribution in [3.63, 3.8) is 0 Å². The second kappa shape index (κ2) is 4.97. The average Bonchev–Trinajstić information content (AvgIpc) is 2.83. The Bertz CT molecular complexity index is 508. The zero-order chi connectivity index (χ0) is 12.5. The van der Waals surface area contributed by atoms with Gasteiger partial charge in [0.05, 0.1) is 12.1 Å². The highest BCUT2D eigenvalue weighted by Crippen LogP contribution is 2.33. The second-order valence-corrected chi connectivity index (χ2v) is 5.79. The van der Waals surface area contributed by atoms with E-state index in [1.165, 1.54) is 5.56 Å². The summed E-state index contributed by atoms with van der Waals surface area (Å²) in [5.41, 5.74) is 1.17. The van der Waals surface area contributed by atoms with Crippen LogP contribution in [-0.2, 0) is 0 Å². The number of halogens is 1. The zero-order valence-electron chi connectivity index (χ0n) is 9.66. The Labute approximate surface area is 115 Å². The first-order valence-corrected chi connectivity index (χ1v) is 7.07. The van der Waals surface area contributed by atoms with Crippen LogP contribution >= 0.6 is 22.9 Å². The number of aromatic nitrogens is 1. The third-order valence-electron chi connectivity index (χ3n) is 3.13. The molecule has 0 saturated carbocycles. The third kappa shape index (κ3) is 2.29. The van der Waals surface area contributed by atoms with Gasteiger partial charge in [-0.3, -0.25) is 4.90 Å². The van der Waals surface area contributed by atoms with Gasteiger partial charge in [0.1, 0.15) is 5.01 Å². The molecule has 3 nitrogen and oxygen atoms in total. The summed E-state index contributed by atoms with van der Waals surface area (Å²) in [6.07, 6.45) is 1.61. The van der Waals surface area contributed by atoms with Crippen LogP contribution in [0.4, 0.5) is 0 Å². The summed E-state index contributed by atoms with van der Waals surface area (Å²) in [6, 6.07) is 7.98. The molecule has 1 aromatic carbocycles. The van der Waals surface area contributed by atoms with Crippen molar-refractivity contribution in [2.24, 2.45) is 0 Å². The van der Waals surface area contributed by atoms with Crippen LogP contribution < -0.4 is 0 Å². The van der Waals surface area contributed by atoms with E-state index in [0.717, 1.165) is 10.0 Å². The SMILES string of the molecule is OC1CN(C(c2ccc(Cl)cc2)c2nccs2)C1. The molecule has 2 aromatic rings. The summed E-state index contributed by atoms with van der Waals surface area (Å²) < 4.78 is 0. The van der Waals surface area contributed by atoms with E-state index < -0.39 is 0 Å². The molecule has 0 radical (unpaired) electrons. The highest BCUT2D eigenvalue weighted by molar-refractivity contribution is 7.09. The molecule has 0 aliphatic carbocycles. The lowest BCUT2D eigenvalue weighted by Gasteiger charge is -2.41. The van der Waals surface area contributed by atoms with Gasteiger partial charge in [0, 0.05) is 29.7 Å². The number of hydrogen-bond donors (Lipinski definition) is 1. The van der Waals surface area contributed by atoms with E-state index in [0.29, 0.717) is 13.1 Å². The van der Waals surface area contributed by atoms with Crippen LogP contribution in [0.25, 0.3) is 0 Å². The minimum absolute atomic E-state index is 0.130. The monoisotopic (exact) mass is 280 g/mol. The molecule has 1 aliphatic heterocycles. The van der Waals surface area contributed by atoms with Gasteiger partial charge in [0.15, 0.2) is 0 Å². The van der Waals surface area contributed by atoms with E-state index in [1.807, 2.05) is 35.8 Å². The first-order valence-electron chi connectivity index (χ1n) is 5.81. The molecule has 5 heteroatoms. The van der Waals surface area contributed by atoms with Gasteiger partial charge in [-0.1, -0.05) is 23.7 Å². The summed E-state index contributed by atoms with van der Waals surface area (Å²) in [6.45, 7) is 1.40. The van der Waals surface area contributed by atoms with Crippen molar-refractivity contribution in [2.75, 3.05) is 13.1 Å². The van der Waals surface area contributed by atoms with Crippen LogP contribution in [0.3, 0.4) is 0 Å². The number of hydrogen-bond acceptors (Lipinski definition) is 4. The smallest absolute Gasteiger partial charge is 0.114 e. The molecule has 1 fully saturated rings. The molecule has 1 N–H and O–H groups in total. The number of likely N-dealkylation sites (tertiary alicyclic amines) is 1. The number of rotatable bonds is 3. The first-order chi connectivity index (χ1) is 8.74. The summed E-state index contributed by atoms with van der Waals surface area (Å²) in [7, 11) is 0. The fraction of sp³-hybridized carbons (Fsp3) is 0.308. The highest BCUT2D eigenvalue weighted by Gasteiger charge is 2.34. The van der Waals surface area contributed by atoms with Crippen molar-refractivity contribution in [2.45, 2.75) is 12.1 Å². The lowest BCUT2D eigenvalue weighted by atomic mass is 10.0. The second-order valence-electron chi connectivity index (χ2n) is 4.43. The van der Waals surface area contributed by atoms with Crippen LogP contribution in [-0.4, -0.2) is 34.2 Å². The summed E-state index contributed by atoms with van der Waals surface area (Å²) in [4.78, 5) is 6.63. The van der Waals surface area contributed by atoms with Crippen molar-refractivity contribution in [3.05, 3.63) is 51.4 Å². The number of benzene rings is 1. The first kappa shape index (κ1) is 12.1. The van der Waals surface area contributed by atoms with Gasteiger partial charge in [0.25, 0.3) is 0 Å². The predicted octanol–water partition coefficient (Wildman–Crippen LogP) is 2.56. The average molecular weight is 281 g/mol. The fourth-order valence-corrected chi connectivity index (χ4v) is 3.15. The maximum atomic E-state index is 9.48. The van der Waals surface area contributed by atoms with Crippen LogP contribution in [0.5, 0.6) is 0 Å². The zero-order valence-corrected chi connectivity index (χ0v) is 11.2. The number of thiazole rings is 1. The molecule has 1 unspecified atom stereocenters. The predicted molar refractivity (Wildman–Crippen MR) is 73.0 cm³/mol. The molecule has 1 atom stereocenters. The Hall–Kier alpha value is -0.940. The molecule has 94 valence electrons. The molecular weight excluding hydrogens is 268 g/mol. The Balaban J connectivity index is 1.92. The van der Waals surface area contributed by atoms with Crippen LogP contribution in [0.2, 0.25) is 5.02 Å². The maximum Gasteiger partial charge on any atom is 0.114 e. The van der Waals surface area contributed by atoms with Gasteiger partial charge in [0.2, 0.25) is 0 Å². The van der Waals surface area contributed by atoms with Gasteiger partial charge < -0.3 is 5.11 Å². The minimum Gasteiger partial charge on any atom is -0.390 e. The molecule has 0 amide bonds. The summed E-state index contributed by atoms with van der Waals surface area (Å²) in [5, 5.41) is 13.3. The van der Waals surface area contributed by atoms with Crippen molar-refractivity contribution >= 4 is 22.9 Å². The van der Waals surface area contributed by atoms with Crippen molar-refractivity contribution in [1.29, 1.82) is 0 Å². The van der Waals surface area contributed by atoms with E-state index in [-0.39, 0.29) is 12.1 Å². The molecule has 3 rings (SSSR count). The van der Waals surface area contributed by atoms with E-state index in [1.54, 1.807) is 11.3 Å². The number of β-amino-alcohol motifs (C(OH)–C–C–N with tert-alkyl or cyclic N) is 1. The Morgan fingerprint density at radius 2 is 2.06 bits per heavy atom. The van der Waals surface area contributed by atoms with E-state index in [9.17, 15) is 5.11 Å². The molecular formula is C13H13ClN2OS. The Morgan fingerprint density at radius 1 is 1.33 bits per heavy atom. The van der Waals surface area contributed by atoms with E-state index in [4.69, 9.17) is 11.6 Å². The topological polar surface area (TPSA) is 36.4 Å². The van der Waals surface area contributed by atoms with Gasteiger partial charge in [-0.15, -0.1) is 11.3 Å². The van der Waals surface area contributed by atoms with Gasteiger partial charge in [-0.05, 0) is 17.7 Å². The number of nitrogens with zero attached hydrogens (tertiary/aromatic N) is 2. The molecule has 0 spiro atoms. The van der Waals surface area contributed by atoms with Gasteiger partial charge in [-0.25, -0.2) is 4.98 Å². The number of aliphatic hydroxyl groups excluding tert-OH is 1. The minimum atomic E-state index is -0.209. The van der Waals surface area contributed by atoms with Crippen LogP contribution in [0.1, 0.15) is 16.6 Å². The van der Waals surface area contributed by atoms with Crippen molar-refractivity contribution in [3.8, 4) is 0 Å². The van der Waals surface area contributed by atoms with Crippen molar-refractivity contribution < 1.29 is 5.11 Å². The van der Waals surface area contributed by atoms with E-state index in [2.05, 4.69) is 9.88 Å². The lowest BCUT2D eigenvalue weighted by molar-refractivity contribution is -0.0160. The molecule has 1 saturated heterocycles. The third-order valence-corrected chi connectivity index (χ3v) is 4.21. The number of aliphatic hydroxyl groups is 1. The summed E-state index contributed by atoms with van der Waals surface area (Å²) >= 11 is 7.57. The normalized spacial score (nSPS) is 18.6. The quantitative estimate of drug-likeness (QED) is 0.939. The fourth-order valence-electron chi connectivity index (χ4n) is 2.22.